The van der Waals surface area contributed by atoms with Crippen LogP contribution in [0, 0.1) is 12.8 Å². The van der Waals surface area contributed by atoms with E-state index in [-0.39, 0.29) is 18.2 Å². The van der Waals surface area contributed by atoms with Crippen molar-refractivity contribution in [2.45, 2.75) is 51.6 Å². The average molecular weight is 493 g/mol. The molecule has 35 heavy (non-hydrogen) atoms. The van der Waals surface area contributed by atoms with E-state index >= 15 is 0 Å². The predicted molar refractivity (Wildman–Crippen MR) is 126 cm³/mol. The zero-order chi connectivity index (χ0) is 24.8. The molecule has 3 N–H and O–H groups in total. The third kappa shape index (κ3) is 7.20. The molecule has 190 valence electrons. The van der Waals surface area contributed by atoms with Crippen molar-refractivity contribution in [3.05, 3.63) is 41.6 Å². The average Bonchev–Trinajstić information content (AvgIpc) is 2.83. The van der Waals surface area contributed by atoms with Crippen LogP contribution in [-0.2, 0) is 11.3 Å². The molecule has 1 aliphatic heterocycles. The number of nitrogens with zero attached hydrogens (tertiary/aromatic N) is 3. The number of rotatable bonds is 8. The van der Waals surface area contributed by atoms with E-state index in [9.17, 15) is 18.0 Å². The fourth-order valence-corrected chi connectivity index (χ4v) is 4.68. The van der Waals surface area contributed by atoms with Gasteiger partial charge in [-0.3, -0.25) is 9.69 Å². The van der Waals surface area contributed by atoms with Gasteiger partial charge in [0.25, 0.3) is 0 Å². The number of alkyl halides is 3. The summed E-state index contributed by atoms with van der Waals surface area (Å²) in [5.41, 5.74) is 1.25. The lowest BCUT2D eigenvalue weighted by atomic mass is 9.85. The fraction of sp³-hybridized carbons (Fsp3) is 0.542. The molecule has 11 heteroatoms. The second-order valence-corrected chi connectivity index (χ2v) is 9.11. The molecule has 2 aliphatic rings. The molecule has 1 aromatic heterocycles. The SMILES string of the molecule is Cc1cnc(NCc2ccccc2OC(F)(F)F)nc1NCC1CCC(N2CCNC(=O)C2)CC1. The van der Waals surface area contributed by atoms with Gasteiger partial charge in [-0.2, -0.15) is 4.98 Å². The number of halogens is 3. The molecule has 4 rings (SSSR count). The molecule has 8 nitrogen and oxygen atoms in total. The first-order valence-corrected chi connectivity index (χ1v) is 11.9. The summed E-state index contributed by atoms with van der Waals surface area (Å²) < 4.78 is 42.1. The molecule has 2 fully saturated rings. The normalized spacial score (nSPS) is 21.3. The minimum absolute atomic E-state index is 0.0906. The van der Waals surface area contributed by atoms with Crippen molar-refractivity contribution >= 4 is 17.7 Å². The first-order valence-electron chi connectivity index (χ1n) is 11.9. The number of carbonyl (C=O) groups excluding carboxylic acids is 1. The first-order chi connectivity index (χ1) is 16.8. The smallest absolute Gasteiger partial charge is 0.405 e. The van der Waals surface area contributed by atoms with E-state index in [0.717, 1.165) is 50.9 Å². The fourth-order valence-electron chi connectivity index (χ4n) is 4.68. The lowest BCUT2D eigenvalue weighted by Crippen LogP contribution is -2.52. The highest BCUT2D eigenvalue weighted by atomic mass is 19.4. The number of nitrogens with one attached hydrogen (secondary N) is 3. The van der Waals surface area contributed by atoms with Gasteiger partial charge in [-0.25, -0.2) is 4.98 Å². The Balaban J connectivity index is 1.28. The maximum Gasteiger partial charge on any atom is 0.573 e. The minimum Gasteiger partial charge on any atom is -0.405 e. The van der Waals surface area contributed by atoms with Crippen molar-refractivity contribution in [2.75, 3.05) is 36.8 Å². The minimum atomic E-state index is -4.75. The van der Waals surface area contributed by atoms with E-state index in [2.05, 4.69) is 35.6 Å². The predicted octanol–water partition coefficient (Wildman–Crippen LogP) is 3.70. The van der Waals surface area contributed by atoms with Crippen LogP contribution in [0.5, 0.6) is 5.75 Å². The van der Waals surface area contributed by atoms with Crippen molar-refractivity contribution in [3.8, 4) is 5.75 Å². The van der Waals surface area contributed by atoms with Crippen LogP contribution in [-0.4, -0.2) is 59.4 Å². The zero-order valence-corrected chi connectivity index (χ0v) is 19.7. The topological polar surface area (TPSA) is 91.4 Å². The van der Waals surface area contributed by atoms with Gasteiger partial charge in [-0.1, -0.05) is 18.2 Å². The number of piperazine rings is 1. The van der Waals surface area contributed by atoms with Gasteiger partial charge in [-0.15, -0.1) is 13.2 Å². The quantitative estimate of drug-likeness (QED) is 0.518. The maximum absolute atomic E-state index is 12.7. The van der Waals surface area contributed by atoms with Crippen LogP contribution in [0.25, 0.3) is 0 Å². The van der Waals surface area contributed by atoms with E-state index in [1.54, 1.807) is 18.3 Å². The molecular weight excluding hydrogens is 461 g/mol. The number of para-hydroxylation sites is 1. The Morgan fingerprint density at radius 1 is 1.17 bits per heavy atom. The number of carbonyl (C=O) groups is 1. The van der Waals surface area contributed by atoms with E-state index in [4.69, 9.17) is 0 Å². The van der Waals surface area contributed by atoms with Crippen molar-refractivity contribution in [1.82, 2.24) is 20.2 Å². The Labute approximate surface area is 202 Å². The molecule has 0 unspecified atom stereocenters. The van der Waals surface area contributed by atoms with Crippen LogP contribution in [0.15, 0.2) is 30.5 Å². The molecule has 0 spiro atoms. The zero-order valence-electron chi connectivity index (χ0n) is 19.7. The van der Waals surface area contributed by atoms with Gasteiger partial charge in [0.1, 0.15) is 11.6 Å². The van der Waals surface area contributed by atoms with Crippen molar-refractivity contribution in [1.29, 1.82) is 0 Å². The molecule has 0 radical (unpaired) electrons. The largest absolute Gasteiger partial charge is 0.573 e. The number of aryl methyl sites for hydroxylation is 1. The van der Waals surface area contributed by atoms with Crippen molar-refractivity contribution in [3.63, 3.8) is 0 Å². The third-order valence-corrected chi connectivity index (χ3v) is 6.57. The standard InChI is InChI=1S/C24H31F3N6O2/c1-16-12-30-23(31-14-18-4-2-3-5-20(18)35-24(25,26)27)32-22(16)29-13-17-6-8-19(9-7-17)33-11-10-28-21(34)15-33/h2-5,12,17,19H,6-11,13-15H2,1H3,(H,28,34)(H2,29,30,31,32). The summed E-state index contributed by atoms with van der Waals surface area (Å²) in [7, 11) is 0. The van der Waals surface area contributed by atoms with E-state index in [1.165, 1.54) is 12.1 Å². The summed E-state index contributed by atoms with van der Waals surface area (Å²) in [6, 6.07) is 6.46. The molecule has 1 saturated carbocycles. The highest BCUT2D eigenvalue weighted by molar-refractivity contribution is 5.78. The Morgan fingerprint density at radius 2 is 1.94 bits per heavy atom. The number of ether oxygens (including phenoxy) is 1. The van der Waals surface area contributed by atoms with Crippen molar-refractivity contribution in [2.24, 2.45) is 5.92 Å². The number of amides is 1. The van der Waals surface area contributed by atoms with E-state index < -0.39 is 6.36 Å². The number of hydrogen-bond donors (Lipinski definition) is 3. The van der Waals surface area contributed by atoms with E-state index in [1.807, 2.05) is 6.92 Å². The highest BCUT2D eigenvalue weighted by Gasteiger charge is 2.32. The third-order valence-electron chi connectivity index (χ3n) is 6.57. The Morgan fingerprint density at radius 3 is 2.69 bits per heavy atom. The van der Waals surface area contributed by atoms with Gasteiger partial charge in [0, 0.05) is 49.5 Å². The molecular formula is C24H31F3N6O2. The van der Waals surface area contributed by atoms with Crippen LogP contribution in [0.2, 0.25) is 0 Å². The summed E-state index contributed by atoms with van der Waals surface area (Å²) >= 11 is 0. The summed E-state index contributed by atoms with van der Waals surface area (Å²) in [6.45, 7) is 4.93. The molecule has 2 heterocycles. The Bertz CT molecular complexity index is 1010. The Hall–Kier alpha value is -3.08. The lowest BCUT2D eigenvalue weighted by molar-refractivity contribution is -0.274. The van der Waals surface area contributed by atoms with Crippen LogP contribution < -0.4 is 20.7 Å². The van der Waals surface area contributed by atoms with Crippen LogP contribution >= 0.6 is 0 Å². The molecule has 1 amide bonds. The van der Waals surface area contributed by atoms with Gasteiger partial charge in [0.15, 0.2) is 0 Å². The maximum atomic E-state index is 12.7. The van der Waals surface area contributed by atoms with E-state index in [0.29, 0.717) is 35.8 Å². The monoisotopic (exact) mass is 492 g/mol. The van der Waals surface area contributed by atoms with Crippen LogP contribution in [0.4, 0.5) is 24.9 Å². The number of anilines is 2. The molecule has 1 aliphatic carbocycles. The molecule has 1 saturated heterocycles. The van der Waals surface area contributed by atoms with Crippen molar-refractivity contribution < 1.29 is 22.7 Å². The van der Waals surface area contributed by atoms with Crippen LogP contribution in [0.1, 0.15) is 36.8 Å². The summed E-state index contributed by atoms with van der Waals surface area (Å²) in [4.78, 5) is 22.7. The molecule has 1 aromatic carbocycles. The van der Waals surface area contributed by atoms with Gasteiger partial charge >= 0.3 is 6.36 Å². The second-order valence-electron chi connectivity index (χ2n) is 9.11. The lowest BCUT2D eigenvalue weighted by Gasteiger charge is -2.38. The molecule has 0 atom stereocenters. The summed E-state index contributed by atoms with van der Waals surface area (Å²) in [5, 5.41) is 9.29. The molecule has 0 bridgehead atoms. The van der Waals surface area contributed by atoms with Gasteiger partial charge in [0.2, 0.25) is 11.9 Å². The Kier molecular flexibility index (Phi) is 7.94. The molecule has 2 aromatic rings. The number of hydrogen-bond acceptors (Lipinski definition) is 7. The van der Waals surface area contributed by atoms with Crippen LogP contribution in [0.3, 0.4) is 0 Å². The highest BCUT2D eigenvalue weighted by Crippen LogP contribution is 2.29. The summed E-state index contributed by atoms with van der Waals surface area (Å²) in [6.07, 6.45) is 1.26. The van der Waals surface area contributed by atoms with Gasteiger partial charge < -0.3 is 20.7 Å². The first kappa shape index (κ1) is 25.0. The second kappa shape index (κ2) is 11.1. The van der Waals surface area contributed by atoms with Gasteiger partial charge in [0.05, 0.1) is 6.54 Å². The number of benzene rings is 1. The van der Waals surface area contributed by atoms with Gasteiger partial charge in [-0.05, 0) is 44.6 Å². The summed E-state index contributed by atoms with van der Waals surface area (Å²) in [5.74, 6) is 1.41. The number of aromatic nitrogens is 2.